The highest BCUT2D eigenvalue weighted by Gasteiger charge is 2.29. The monoisotopic (exact) mass is 231 g/mol. The van der Waals surface area contributed by atoms with Gasteiger partial charge in [0, 0.05) is 12.2 Å². The van der Waals surface area contributed by atoms with Crippen molar-refractivity contribution in [2.75, 3.05) is 11.9 Å². The maximum Gasteiger partial charge on any atom is 0.416 e. The maximum absolute atomic E-state index is 12.3. The second-order valence-corrected chi connectivity index (χ2v) is 4.18. The fraction of sp³-hybridized carbons (Fsp3) is 0.500. The SMILES string of the molecule is CC(C)CCNc1ccc(C(F)(F)F)cc1. The van der Waals surface area contributed by atoms with E-state index in [0.717, 1.165) is 30.8 Å². The Kier molecular flexibility index (Phi) is 4.21. The van der Waals surface area contributed by atoms with Crippen LogP contribution in [-0.2, 0) is 6.18 Å². The van der Waals surface area contributed by atoms with Gasteiger partial charge in [0.1, 0.15) is 0 Å². The van der Waals surface area contributed by atoms with Crippen LogP contribution in [0.5, 0.6) is 0 Å². The first kappa shape index (κ1) is 12.9. The second-order valence-electron chi connectivity index (χ2n) is 4.18. The van der Waals surface area contributed by atoms with E-state index in [4.69, 9.17) is 0 Å². The maximum atomic E-state index is 12.3. The fourth-order valence-electron chi connectivity index (χ4n) is 1.28. The lowest BCUT2D eigenvalue weighted by Crippen LogP contribution is -2.07. The van der Waals surface area contributed by atoms with E-state index in [1.807, 2.05) is 0 Å². The molecule has 0 aliphatic carbocycles. The topological polar surface area (TPSA) is 12.0 Å². The predicted octanol–water partition coefficient (Wildman–Crippen LogP) is 4.16. The van der Waals surface area contributed by atoms with Gasteiger partial charge in [0.05, 0.1) is 5.56 Å². The minimum Gasteiger partial charge on any atom is -0.385 e. The number of anilines is 1. The average molecular weight is 231 g/mol. The summed E-state index contributed by atoms with van der Waals surface area (Å²) in [6.45, 7) is 4.99. The van der Waals surface area contributed by atoms with Crippen LogP contribution in [0, 0.1) is 5.92 Å². The van der Waals surface area contributed by atoms with Crippen molar-refractivity contribution >= 4 is 5.69 Å². The summed E-state index contributed by atoms with van der Waals surface area (Å²) in [5.74, 6) is 0.585. The molecule has 0 heterocycles. The minimum atomic E-state index is -4.25. The van der Waals surface area contributed by atoms with E-state index in [-0.39, 0.29) is 0 Å². The highest BCUT2D eigenvalue weighted by molar-refractivity contribution is 5.45. The van der Waals surface area contributed by atoms with Gasteiger partial charge in [0.15, 0.2) is 0 Å². The molecule has 1 aromatic rings. The molecule has 0 saturated carbocycles. The van der Waals surface area contributed by atoms with Crippen molar-refractivity contribution in [3.8, 4) is 0 Å². The zero-order valence-corrected chi connectivity index (χ0v) is 9.43. The van der Waals surface area contributed by atoms with Crippen LogP contribution in [0.4, 0.5) is 18.9 Å². The van der Waals surface area contributed by atoms with E-state index in [1.165, 1.54) is 12.1 Å². The van der Waals surface area contributed by atoms with Gasteiger partial charge in [0.2, 0.25) is 0 Å². The number of halogens is 3. The molecule has 16 heavy (non-hydrogen) atoms. The van der Waals surface area contributed by atoms with Gasteiger partial charge in [-0.1, -0.05) is 13.8 Å². The van der Waals surface area contributed by atoms with E-state index in [1.54, 1.807) is 0 Å². The van der Waals surface area contributed by atoms with Gasteiger partial charge in [-0.25, -0.2) is 0 Å². The molecule has 0 atom stereocenters. The van der Waals surface area contributed by atoms with Crippen LogP contribution in [0.2, 0.25) is 0 Å². The Balaban J connectivity index is 2.52. The lowest BCUT2D eigenvalue weighted by molar-refractivity contribution is -0.137. The van der Waals surface area contributed by atoms with Gasteiger partial charge in [-0.3, -0.25) is 0 Å². The van der Waals surface area contributed by atoms with Crippen LogP contribution < -0.4 is 5.32 Å². The van der Waals surface area contributed by atoms with E-state index in [9.17, 15) is 13.2 Å². The van der Waals surface area contributed by atoms with Crippen molar-refractivity contribution in [3.05, 3.63) is 29.8 Å². The number of rotatable bonds is 4. The first-order valence-electron chi connectivity index (χ1n) is 5.30. The van der Waals surface area contributed by atoms with Crippen LogP contribution in [-0.4, -0.2) is 6.54 Å². The summed E-state index contributed by atoms with van der Waals surface area (Å²) in [5, 5.41) is 3.09. The number of hydrogen-bond donors (Lipinski definition) is 1. The highest BCUT2D eigenvalue weighted by atomic mass is 19.4. The van der Waals surface area contributed by atoms with Crippen molar-refractivity contribution in [2.24, 2.45) is 5.92 Å². The average Bonchev–Trinajstić information content (AvgIpc) is 2.16. The van der Waals surface area contributed by atoms with Crippen molar-refractivity contribution in [3.63, 3.8) is 0 Å². The Labute approximate surface area is 93.7 Å². The number of hydrogen-bond acceptors (Lipinski definition) is 1. The molecular formula is C12H16F3N. The molecule has 1 aromatic carbocycles. The van der Waals surface area contributed by atoms with Gasteiger partial charge < -0.3 is 5.32 Å². The Hall–Kier alpha value is -1.19. The third-order valence-corrected chi connectivity index (χ3v) is 2.26. The predicted molar refractivity (Wildman–Crippen MR) is 59.4 cm³/mol. The summed E-state index contributed by atoms with van der Waals surface area (Å²) in [6, 6.07) is 5.11. The highest BCUT2D eigenvalue weighted by Crippen LogP contribution is 2.29. The molecule has 0 radical (unpaired) electrons. The molecule has 0 aliphatic heterocycles. The van der Waals surface area contributed by atoms with E-state index in [0.29, 0.717) is 5.92 Å². The third kappa shape index (κ3) is 4.13. The largest absolute Gasteiger partial charge is 0.416 e. The molecule has 0 unspecified atom stereocenters. The smallest absolute Gasteiger partial charge is 0.385 e. The first-order chi connectivity index (χ1) is 7.39. The molecular weight excluding hydrogens is 215 g/mol. The van der Waals surface area contributed by atoms with E-state index < -0.39 is 11.7 Å². The Bertz CT molecular complexity index is 314. The van der Waals surface area contributed by atoms with Crippen LogP contribution >= 0.6 is 0 Å². The number of benzene rings is 1. The summed E-state index contributed by atoms with van der Waals surface area (Å²) in [5.41, 5.74) is 0.121. The normalized spacial score (nSPS) is 11.9. The molecule has 0 aromatic heterocycles. The zero-order chi connectivity index (χ0) is 12.2. The molecule has 4 heteroatoms. The summed E-state index contributed by atoms with van der Waals surface area (Å²) >= 11 is 0. The first-order valence-corrected chi connectivity index (χ1v) is 5.30. The quantitative estimate of drug-likeness (QED) is 0.820. The van der Waals surface area contributed by atoms with Crippen LogP contribution in [0.1, 0.15) is 25.8 Å². The molecule has 1 nitrogen and oxygen atoms in total. The zero-order valence-electron chi connectivity index (χ0n) is 9.43. The molecule has 0 saturated heterocycles. The lowest BCUT2D eigenvalue weighted by atomic mass is 10.1. The van der Waals surface area contributed by atoms with Gasteiger partial charge in [0.25, 0.3) is 0 Å². The lowest BCUT2D eigenvalue weighted by Gasteiger charge is -2.10. The fourth-order valence-corrected chi connectivity index (χ4v) is 1.28. The third-order valence-electron chi connectivity index (χ3n) is 2.26. The Morgan fingerprint density at radius 3 is 2.12 bits per heavy atom. The molecule has 0 fully saturated rings. The molecule has 0 bridgehead atoms. The van der Waals surface area contributed by atoms with Crippen molar-refractivity contribution in [1.29, 1.82) is 0 Å². The molecule has 1 N–H and O–H groups in total. The standard InChI is InChI=1S/C12H16F3N/c1-9(2)7-8-16-11-5-3-10(4-6-11)12(13,14)15/h3-6,9,16H,7-8H2,1-2H3. The molecule has 0 amide bonds. The Morgan fingerprint density at radius 1 is 1.12 bits per heavy atom. The summed E-state index contributed by atoms with van der Waals surface area (Å²) in [6.07, 6.45) is -3.25. The number of alkyl halides is 3. The van der Waals surface area contributed by atoms with Crippen molar-refractivity contribution in [2.45, 2.75) is 26.4 Å². The van der Waals surface area contributed by atoms with Gasteiger partial charge in [-0.05, 0) is 36.6 Å². The van der Waals surface area contributed by atoms with Crippen LogP contribution in [0.15, 0.2) is 24.3 Å². The van der Waals surface area contributed by atoms with Crippen molar-refractivity contribution < 1.29 is 13.2 Å². The molecule has 90 valence electrons. The Morgan fingerprint density at radius 2 is 1.69 bits per heavy atom. The summed E-state index contributed by atoms with van der Waals surface area (Å²) in [4.78, 5) is 0. The van der Waals surface area contributed by atoms with Gasteiger partial charge in [-0.15, -0.1) is 0 Å². The number of nitrogens with one attached hydrogen (secondary N) is 1. The van der Waals surface area contributed by atoms with Crippen molar-refractivity contribution in [1.82, 2.24) is 0 Å². The second kappa shape index (κ2) is 5.23. The molecule has 0 spiro atoms. The van der Waals surface area contributed by atoms with E-state index >= 15 is 0 Å². The summed E-state index contributed by atoms with van der Waals surface area (Å²) < 4.78 is 36.8. The van der Waals surface area contributed by atoms with Gasteiger partial charge in [-0.2, -0.15) is 13.2 Å². The molecule has 1 rings (SSSR count). The van der Waals surface area contributed by atoms with E-state index in [2.05, 4.69) is 19.2 Å². The minimum absolute atomic E-state index is 0.585. The van der Waals surface area contributed by atoms with Crippen LogP contribution in [0.25, 0.3) is 0 Å². The van der Waals surface area contributed by atoms with Crippen LogP contribution in [0.3, 0.4) is 0 Å². The van der Waals surface area contributed by atoms with Gasteiger partial charge >= 0.3 is 6.18 Å². The summed E-state index contributed by atoms with van der Waals surface area (Å²) in [7, 11) is 0. The molecule has 0 aliphatic rings.